The first-order valence-corrected chi connectivity index (χ1v) is 7.66. The smallest absolute Gasteiger partial charge is 0.226 e. The maximum absolute atomic E-state index is 12.5. The first-order chi connectivity index (χ1) is 11.1. The molecule has 3 aromatic rings. The van der Waals surface area contributed by atoms with E-state index in [9.17, 15) is 4.79 Å². The summed E-state index contributed by atoms with van der Waals surface area (Å²) in [4.78, 5) is 12.5. The highest BCUT2D eigenvalue weighted by molar-refractivity contribution is 5.92. The van der Waals surface area contributed by atoms with Crippen LogP contribution in [0.2, 0.25) is 0 Å². The zero-order valence-corrected chi connectivity index (χ0v) is 13.3. The molecule has 3 rings (SSSR count). The molecule has 0 aliphatic carbocycles. The minimum absolute atomic E-state index is 0.0351. The van der Waals surface area contributed by atoms with Crippen molar-refractivity contribution >= 4 is 11.6 Å². The molecule has 118 valence electrons. The van der Waals surface area contributed by atoms with Crippen LogP contribution >= 0.6 is 0 Å². The van der Waals surface area contributed by atoms with Crippen molar-refractivity contribution in [2.75, 3.05) is 5.32 Å². The fraction of sp³-hybridized carbons (Fsp3) is 0.211. The molecule has 0 aliphatic heterocycles. The standard InChI is InChI=1S/C19H20N2O2/c1-14-7-8-16(15(2)12-14)20-19(22)13-17(18-6-5-11-23-18)21-9-3-4-10-21/h3-12,17H,13H2,1-2H3,(H,20,22)/t17-/m1/s1. The van der Waals surface area contributed by atoms with Gasteiger partial charge in [0.2, 0.25) is 5.91 Å². The van der Waals surface area contributed by atoms with Crippen LogP contribution in [-0.2, 0) is 4.79 Å². The number of furan rings is 1. The summed E-state index contributed by atoms with van der Waals surface area (Å²) in [5.74, 6) is 0.740. The lowest BCUT2D eigenvalue weighted by Gasteiger charge is -2.17. The Labute approximate surface area is 135 Å². The number of aromatic nitrogens is 1. The van der Waals surface area contributed by atoms with Gasteiger partial charge in [-0.2, -0.15) is 0 Å². The normalized spacial score (nSPS) is 12.1. The fourth-order valence-corrected chi connectivity index (χ4v) is 2.72. The molecular formula is C19H20N2O2. The molecule has 0 unspecified atom stereocenters. The quantitative estimate of drug-likeness (QED) is 0.763. The van der Waals surface area contributed by atoms with Gasteiger partial charge < -0.3 is 14.3 Å². The van der Waals surface area contributed by atoms with Crippen LogP contribution in [0.4, 0.5) is 5.69 Å². The summed E-state index contributed by atoms with van der Waals surface area (Å²) >= 11 is 0. The Morgan fingerprint density at radius 3 is 2.61 bits per heavy atom. The van der Waals surface area contributed by atoms with Gasteiger partial charge >= 0.3 is 0 Å². The van der Waals surface area contributed by atoms with Crippen LogP contribution in [0.25, 0.3) is 0 Å². The molecular weight excluding hydrogens is 288 g/mol. The molecule has 0 fully saturated rings. The van der Waals surface area contributed by atoms with E-state index in [1.165, 1.54) is 5.56 Å². The average molecular weight is 308 g/mol. The van der Waals surface area contributed by atoms with Gasteiger partial charge in [-0.05, 0) is 49.7 Å². The van der Waals surface area contributed by atoms with Crippen molar-refractivity contribution in [3.63, 3.8) is 0 Å². The van der Waals surface area contributed by atoms with Crippen LogP contribution in [0, 0.1) is 13.8 Å². The maximum atomic E-state index is 12.5. The van der Waals surface area contributed by atoms with Gasteiger partial charge in [-0.15, -0.1) is 0 Å². The van der Waals surface area contributed by atoms with Crippen LogP contribution in [0.3, 0.4) is 0 Å². The number of amides is 1. The summed E-state index contributed by atoms with van der Waals surface area (Å²) in [6.45, 7) is 4.04. The molecule has 0 spiro atoms. The molecule has 0 radical (unpaired) electrons. The highest BCUT2D eigenvalue weighted by atomic mass is 16.3. The van der Waals surface area contributed by atoms with E-state index >= 15 is 0 Å². The Morgan fingerprint density at radius 2 is 1.96 bits per heavy atom. The van der Waals surface area contributed by atoms with Crippen molar-refractivity contribution in [3.05, 3.63) is 78.0 Å². The second-order valence-electron chi connectivity index (χ2n) is 5.73. The van der Waals surface area contributed by atoms with Crippen LogP contribution < -0.4 is 5.32 Å². The number of rotatable bonds is 5. The van der Waals surface area contributed by atoms with Gasteiger partial charge in [-0.3, -0.25) is 4.79 Å². The fourth-order valence-electron chi connectivity index (χ4n) is 2.72. The van der Waals surface area contributed by atoms with Crippen LogP contribution in [0.15, 0.2) is 65.5 Å². The topological polar surface area (TPSA) is 47.2 Å². The first-order valence-electron chi connectivity index (χ1n) is 7.66. The number of nitrogens with zero attached hydrogens (tertiary/aromatic N) is 1. The molecule has 0 aliphatic rings. The number of hydrogen-bond acceptors (Lipinski definition) is 2. The van der Waals surface area contributed by atoms with Gasteiger partial charge in [0.15, 0.2) is 0 Å². The van der Waals surface area contributed by atoms with Crippen molar-refractivity contribution in [1.82, 2.24) is 4.57 Å². The summed E-state index contributed by atoms with van der Waals surface area (Å²) in [6, 6.07) is 13.5. The van der Waals surface area contributed by atoms with Gasteiger partial charge in [0.25, 0.3) is 0 Å². The number of aryl methyl sites for hydroxylation is 2. The Bertz CT molecular complexity index is 740. The van der Waals surface area contributed by atoms with E-state index in [0.717, 1.165) is 17.0 Å². The largest absolute Gasteiger partial charge is 0.467 e. The first kappa shape index (κ1) is 15.2. The maximum Gasteiger partial charge on any atom is 0.226 e. The summed E-state index contributed by atoms with van der Waals surface area (Å²) in [5, 5.41) is 3.00. The predicted octanol–water partition coefficient (Wildman–Crippen LogP) is 4.32. The molecule has 1 N–H and O–H groups in total. The molecule has 1 atom stereocenters. The number of benzene rings is 1. The summed E-state index contributed by atoms with van der Waals surface area (Å²) in [7, 11) is 0. The third-order valence-corrected chi connectivity index (χ3v) is 3.89. The molecule has 4 nitrogen and oxygen atoms in total. The van der Waals surface area contributed by atoms with Crippen LogP contribution in [-0.4, -0.2) is 10.5 Å². The lowest BCUT2D eigenvalue weighted by Crippen LogP contribution is -2.19. The third-order valence-electron chi connectivity index (χ3n) is 3.89. The van der Waals surface area contributed by atoms with Crippen molar-refractivity contribution in [2.24, 2.45) is 0 Å². The third kappa shape index (κ3) is 3.54. The number of hydrogen-bond donors (Lipinski definition) is 1. The molecule has 0 bridgehead atoms. The van der Waals surface area contributed by atoms with E-state index in [1.54, 1.807) is 6.26 Å². The zero-order valence-electron chi connectivity index (χ0n) is 13.3. The number of nitrogens with one attached hydrogen (secondary N) is 1. The lowest BCUT2D eigenvalue weighted by atomic mass is 10.1. The number of anilines is 1. The Morgan fingerprint density at radius 1 is 1.17 bits per heavy atom. The van der Waals surface area contributed by atoms with Crippen molar-refractivity contribution in [2.45, 2.75) is 26.3 Å². The van der Waals surface area contributed by atoms with Gasteiger partial charge in [-0.25, -0.2) is 0 Å². The molecule has 4 heteroatoms. The molecule has 2 heterocycles. The van der Waals surface area contributed by atoms with E-state index in [4.69, 9.17) is 4.42 Å². The molecule has 0 saturated carbocycles. The molecule has 1 aromatic carbocycles. The molecule has 2 aromatic heterocycles. The van der Waals surface area contributed by atoms with E-state index in [-0.39, 0.29) is 11.9 Å². The average Bonchev–Trinajstić information content (AvgIpc) is 3.21. The SMILES string of the molecule is Cc1ccc(NC(=O)C[C@H](c2ccco2)n2cccc2)c(C)c1. The highest BCUT2D eigenvalue weighted by Crippen LogP contribution is 2.24. The minimum atomic E-state index is -0.147. The van der Waals surface area contributed by atoms with Gasteiger partial charge in [0.1, 0.15) is 5.76 Å². The van der Waals surface area contributed by atoms with Crippen molar-refractivity contribution in [3.8, 4) is 0 Å². The Hall–Kier alpha value is -2.75. The lowest BCUT2D eigenvalue weighted by molar-refractivity contribution is -0.116. The Balaban J connectivity index is 1.76. The number of carbonyl (C=O) groups is 1. The predicted molar refractivity (Wildman–Crippen MR) is 90.4 cm³/mol. The van der Waals surface area contributed by atoms with E-state index in [1.807, 2.05) is 67.2 Å². The second-order valence-corrected chi connectivity index (χ2v) is 5.73. The van der Waals surface area contributed by atoms with Crippen molar-refractivity contribution in [1.29, 1.82) is 0 Å². The van der Waals surface area contributed by atoms with E-state index < -0.39 is 0 Å². The Kier molecular flexibility index (Phi) is 4.33. The van der Waals surface area contributed by atoms with Gasteiger partial charge in [0, 0.05) is 18.1 Å². The van der Waals surface area contributed by atoms with E-state index in [2.05, 4.69) is 11.4 Å². The van der Waals surface area contributed by atoms with Gasteiger partial charge in [-0.1, -0.05) is 17.7 Å². The molecule has 1 amide bonds. The van der Waals surface area contributed by atoms with Gasteiger partial charge in [0.05, 0.1) is 18.7 Å². The van der Waals surface area contributed by atoms with Crippen LogP contribution in [0.5, 0.6) is 0 Å². The highest BCUT2D eigenvalue weighted by Gasteiger charge is 2.20. The zero-order chi connectivity index (χ0) is 16.2. The summed E-state index contributed by atoms with van der Waals surface area (Å²) in [5.41, 5.74) is 3.10. The van der Waals surface area contributed by atoms with Crippen LogP contribution in [0.1, 0.15) is 29.3 Å². The summed E-state index contributed by atoms with van der Waals surface area (Å²) in [6.07, 6.45) is 5.83. The number of carbonyl (C=O) groups excluding carboxylic acids is 1. The molecule has 23 heavy (non-hydrogen) atoms. The second kappa shape index (κ2) is 6.57. The monoisotopic (exact) mass is 308 g/mol. The minimum Gasteiger partial charge on any atom is -0.467 e. The molecule has 0 saturated heterocycles. The summed E-state index contributed by atoms with van der Waals surface area (Å²) < 4.78 is 7.50. The van der Waals surface area contributed by atoms with Crippen molar-refractivity contribution < 1.29 is 9.21 Å². The van der Waals surface area contributed by atoms with E-state index in [0.29, 0.717) is 6.42 Å².